The van der Waals surface area contributed by atoms with Gasteiger partial charge in [0, 0.05) is 5.56 Å². The van der Waals surface area contributed by atoms with E-state index in [-0.39, 0.29) is 6.42 Å². The van der Waals surface area contributed by atoms with E-state index in [2.05, 4.69) is 0 Å². The number of ether oxygens (including phenoxy) is 4. The van der Waals surface area contributed by atoms with Gasteiger partial charge in [0.25, 0.3) is 0 Å². The lowest BCUT2D eigenvalue weighted by Gasteiger charge is -2.38. The van der Waals surface area contributed by atoms with Gasteiger partial charge in [0.2, 0.25) is 0 Å². The summed E-state index contributed by atoms with van der Waals surface area (Å²) in [5.41, 5.74) is 0.653. The van der Waals surface area contributed by atoms with E-state index in [0.717, 1.165) is 0 Å². The number of para-hydroxylation sites is 2. The predicted molar refractivity (Wildman–Crippen MR) is 117 cm³/mol. The third-order valence-electron chi connectivity index (χ3n) is 5.12. The minimum atomic E-state index is -1.17. The van der Waals surface area contributed by atoms with E-state index in [0.29, 0.717) is 23.3 Å². The van der Waals surface area contributed by atoms with Crippen molar-refractivity contribution in [3.8, 4) is 11.5 Å². The fourth-order valence-electron chi connectivity index (χ4n) is 3.56. The molecule has 4 atom stereocenters. The summed E-state index contributed by atoms with van der Waals surface area (Å²) < 4.78 is 22.6. The van der Waals surface area contributed by atoms with Crippen molar-refractivity contribution in [1.82, 2.24) is 0 Å². The molecule has 0 unspecified atom stereocenters. The highest BCUT2D eigenvalue weighted by atomic mass is 16.7. The summed E-state index contributed by atoms with van der Waals surface area (Å²) in [7, 11) is 0. The van der Waals surface area contributed by atoms with Gasteiger partial charge in [-0.1, -0.05) is 66.7 Å². The number of carbonyl (C=O) groups excluding carboxylic acids is 3. The first kappa shape index (κ1) is 22.4. The highest BCUT2D eigenvalue weighted by molar-refractivity contribution is 5.82. The molecule has 0 saturated carbocycles. The van der Waals surface area contributed by atoms with Crippen molar-refractivity contribution in [3.05, 3.63) is 96.6 Å². The number of hydrogen-bond donors (Lipinski definition) is 0. The minimum Gasteiger partial charge on any atom is -0.426 e. The topological polar surface area (TPSA) is 88.1 Å². The number of rotatable bonds is 7. The Morgan fingerprint density at radius 2 is 1.30 bits per heavy atom. The van der Waals surface area contributed by atoms with Crippen LogP contribution in [0.1, 0.15) is 18.3 Å². The molecule has 7 heteroatoms. The van der Waals surface area contributed by atoms with E-state index in [1.54, 1.807) is 84.9 Å². The number of aldehydes is 1. The number of carbonyl (C=O) groups is 3. The Labute approximate surface area is 190 Å². The Bertz CT molecular complexity index is 1070. The summed E-state index contributed by atoms with van der Waals surface area (Å²) in [5.74, 6) is -1.83. The smallest absolute Gasteiger partial charge is 0.320 e. The van der Waals surface area contributed by atoms with Crippen LogP contribution in [0.3, 0.4) is 0 Å². The second-order valence-electron chi connectivity index (χ2n) is 7.41. The molecule has 7 nitrogen and oxygen atoms in total. The molecule has 1 saturated heterocycles. The Morgan fingerprint density at radius 1 is 0.758 bits per heavy atom. The molecule has 3 aromatic carbocycles. The molecule has 1 fully saturated rings. The molecule has 168 valence electrons. The summed E-state index contributed by atoms with van der Waals surface area (Å²) >= 11 is 0. The molecule has 4 rings (SSSR count). The lowest BCUT2D eigenvalue weighted by molar-refractivity contribution is -0.263. The van der Waals surface area contributed by atoms with Gasteiger partial charge in [-0.25, -0.2) is 0 Å². The Morgan fingerprint density at radius 3 is 1.88 bits per heavy atom. The molecule has 0 amide bonds. The van der Waals surface area contributed by atoms with Crippen LogP contribution in [0, 0.1) is 5.92 Å². The first-order chi connectivity index (χ1) is 16.1. The normalized spacial score (nSPS) is 22.2. The molecule has 0 spiro atoms. The lowest BCUT2D eigenvalue weighted by Crippen LogP contribution is -2.50. The van der Waals surface area contributed by atoms with Crippen LogP contribution >= 0.6 is 0 Å². The summed E-state index contributed by atoms with van der Waals surface area (Å²) in [6.45, 7) is 0. The Kier molecular flexibility index (Phi) is 7.24. The first-order valence-corrected chi connectivity index (χ1v) is 10.5. The predicted octanol–water partition coefficient (Wildman–Crippen LogP) is 3.89. The number of hydrogen-bond acceptors (Lipinski definition) is 7. The lowest BCUT2D eigenvalue weighted by atomic mass is 9.92. The number of benzene rings is 3. The van der Waals surface area contributed by atoms with E-state index in [9.17, 15) is 14.4 Å². The molecule has 1 heterocycles. The second kappa shape index (κ2) is 10.7. The Balaban J connectivity index is 1.57. The van der Waals surface area contributed by atoms with Gasteiger partial charge in [-0.05, 0) is 24.3 Å². The fourth-order valence-corrected chi connectivity index (χ4v) is 3.56. The maximum Gasteiger partial charge on any atom is 0.320 e. The van der Waals surface area contributed by atoms with Crippen molar-refractivity contribution in [2.45, 2.75) is 24.9 Å². The van der Waals surface area contributed by atoms with Crippen molar-refractivity contribution in [1.29, 1.82) is 0 Å². The van der Waals surface area contributed by atoms with Crippen LogP contribution in [0.5, 0.6) is 11.5 Å². The molecule has 1 aliphatic rings. The molecule has 0 aliphatic carbocycles. The van der Waals surface area contributed by atoms with Gasteiger partial charge in [-0.2, -0.15) is 0 Å². The van der Waals surface area contributed by atoms with E-state index >= 15 is 0 Å². The Hall–Kier alpha value is -3.81. The molecule has 0 bridgehead atoms. The monoisotopic (exact) mass is 446 g/mol. The third-order valence-corrected chi connectivity index (χ3v) is 5.12. The summed E-state index contributed by atoms with van der Waals surface area (Å²) in [5, 5.41) is 0. The first-order valence-electron chi connectivity index (χ1n) is 10.5. The molecule has 3 aromatic rings. The maximum absolute atomic E-state index is 13.0. The quantitative estimate of drug-likeness (QED) is 0.309. The average molecular weight is 446 g/mol. The molecule has 1 aliphatic heterocycles. The summed E-state index contributed by atoms with van der Waals surface area (Å²) in [6.07, 6.45) is -2.86. The second-order valence-corrected chi connectivity index (χ2v) is 7.41. The molecule has 0 aromatic heterocycles. The van der Waals surface area contributed by atoms with E-state index in [1.165, 1.54) is 0 Å². The molecule has 0 N–H and O–H groups in total. The van der Waals surface area contributed by atoms with Crippen LogP contribution < -0.4 is 9.47 Å². The zero-order chi connectivity index (χ0) is 23.0. The molecular formula is C26H22O7. The number of esters is 2. The van der Waals surface area contributed by atoms with Crippen molar-refractivity contribution < 1.29 is 33.3 Å². The standard InChI is InChI=1S/C26H22O7/c27-17-22-24(25(29)31-20-14-8-3-9-15-20)21(16-23(28)30-19-12-6-2-7-13-19)32-26(33-22)18-10-4-1-5-11-18/h1-15,17,21-22,24,26H,16H2/t21-,22+,24-,26-/m1/s1. The van der Waals surface area contributed by atoms with Gasteiger partial charge in [-0.3, -0.25) is 9.59 Å². The van der Waals surface area contributed by atoms with Crippen LogP contribution in [-0.4, -0.2) is 30.4 Å². The molecular weight excluding hydrogens is 424 g/mol. The van der Waals surface area contributed by atoms with Gasteiger partial charge in [0.15, 0.2) is 6.29 Å². The van der Waals surface area contributed by atoms with Gasteiger partial charge >= 0.3 is 11.9 Å². The van der Waals surface area contributed by atoms with E-state index in [1.807, 2.05) is 6.07 Å². The third kappa shape index (κ3) is 5.71. The minimum absolute atomic E-state index is 0.277. The van der Waals surface area contributed by atoms with Crippen molar-refractivity contribution in [2.24, 2.45) is 5.92 Å². The van der Waals surface area contributed by atoms with Crippen LogP contribution in [0.15, 0.2) is 91.0 Å². The van der Waals surface area contributed by atoms with Crippen LogP contribution in [0.2, 0.25) is 0 Å². The highest BCUT2D eigenvalue weighted by Crippen LogP contribution is 2.35. The van der Waals surface area contributed by atoms with Crippen molar-refractivity contribution in [3.63, 3.8) is 0 Å². The zero-order valence-corrected chi connectivity index (χ0v) is 17.6. The van der Waals surface area contributed by atoms with Crippen LogP contribution in [-0.2, 0) is 23.9 Å². The van der Waals surface area contributed by atoms with Crippen LogP contribution in [0.4, 0.5) is 0 Å². The van der Waals surface area contributed by atoms with Gasteiger partial charge in [0.05, 0.1) is 12.5 Å². The zero-order valence-electron chi connectivity index (χ0n) is 17.6. The van der Waals surface area contributed by atoms with Gasteiger partial charge in [-0.15, -0.1) is 0 Å². The summed E-state index contributed by atoms with van der Waals surface area (Å²) in [6, 6.07) is 26.0. The average Bonchev–Trinajstić information content (AvgIpc) is 2.85. The van der Waals surface area contributed by atoms with Crippen molar-refractivity contribution in [2.75, 3.05) is 0 Å². The van der Waals surface area contributed by atoms with E-state index in [4.69, 9.17) is 18.9 Å². The molecule has 33 heavy (non-hydrogen) atoms. The maximum atomic E-state index is 13.0. The van der Waals surface area contributed by atoms with Gasteiger partial charge < -0.3 is 23.7 Å². The van der Waals surface area contributed by atoms with Crippen molar-refractivity contribution >= 4 is 18.2 Å². The highest BCUT2D eigenvalue weighted by Gasteiger charge is 2.46. The van der Waals surface area contributed by atoms with Gasteiger partial charge in [0.1, 0.15) is 29.8 Å². The summed E-state index contributed by atoms with van der Waals surface area (Å²) in [4.78, 5) is 37.6. The molecule has 0 radical (unpaired) electrons. The SMILES string of the molecule is O=C[C@@H]1O[C@H](c2ccccc2)O[C@H](CC(=O)Oc2ccccc2)[C@H]1C(=O)Oc1ccccc1. The fraction of sp³-hybridized carbons (Fsp3) is 0.192. The largest absolute Gasteiger partial charge is 0.426 e. The van der Waals surface area contributed by atoms with Crippen LogP contribution in [0.25, 0.3) is 0 Å². The van der Waals surface area contributed by atoms with E-state index < -0.39 is 36.4 Å².